The van der Waals surface area contributed by atoms with Crippen LogP contribution in [-0.4, -0.2) is 17.0 Å². The molecule has 0 radical (unpaired) electrons. The second kappa shape index (κ2) is 6.05. The van der Waals surface area contributed by atoms with Crippen LogP contribution in [0.4, 0.5) is 10.5 Å². The fourth-order valence-corrected chi connectivity index (χ4v) is 3.49. The van der Waals surface area contributed by atoms with Gasteiger partial charge in [-0.15, -0.1) is 11.3 Å². The molecular formula is C19H18N2OS. The number of nitrogens with one attached hydrogen (secondary N) is 1. The molecule has 1 heterocycles. The SMILES string of the molecule is O=C(Nc1ccc2ccccc2c1)N(Cc1cccs1)C1CC1. The number of thiophene rings is 1. The van der Waals surface area contributed by atoms with E-state index in [0.717, 1.165) is 23.9 Å². The molecule has 2 aromatic carbocycles. The maximum absolute atomic E-state index is 12.7. The fourth-order valence-electron chi connectivity index (χ4n) is 2.79. The van der Waals surface area contributed by atoms with Gasteiger partial charge in [0.2, 0.25) is 0 Å². The number of amides is 2. The molecule has 3 nitrogen and oxygen atoms in total. The van der Waals surface area contributed by atoms with Gasteiger partial charge in [-0.25, -0.2) is 4.79 Å². The Hall–Kier alpha value is -2.33. The third-order valence-electron chi connectivity index (χ3n) is 4.16. The number of carbonyl (C=O) groups is 1. The van der Waals surface area contributed by atoms with Crippen molar-refractivity contribution in [3.8, 4) is 0 Å². The van der Waals surface area contributed by atoms with Crippen molar-refractivity contribution in [1.82, 2.24) is 4.90 Å². The Morgan fingerprint density at radius 3 is 2.65 bits per heavy atom. The monoisotopic (exact) mass is 322 g/mol. The van der Waals surface area contributed by atoms with Crippen LogP contribution in [0.1, 0.15) is 17.7 Å². The molecule has 4 heteroatoms. The van der Waals surface area contributed by atoms with E-state index >= 15 is 0 Å². The minimum atomic E-state index is -0.00354. The van der Waals surface area contributed by atoms with Crippen molar-refractivity contribution in [2.24, 2.45) is 0 Å². The van der Waals surface area contributed by atoms with Gasteiger partial charge in [0, 0.05) is 16.6 Å². The van der Waals surface area contributed by atoms with Crippen molar-refractivity contribution in [1.29, 1.82) is 0 Å². The van der Waals surface area contributed by atoms with Crippen LogP contribution >= 0.6 is 11.3 Å². The lowest BCUT2D eigenvalue weighted by Gasteiger charge is -2.22. The summed E-state index contributed by atoms with van der Waals surface area (Å²) in [6.45, 7) is 0.696. The van der Waals surface area contributed by atoms with Gasteiger partial charge in [0.05, 0.1) is 6.54 Å². The van der Waals surface area contributed by atoms with Crippen LogP contribution in [0, 0.1) is 0 Å². The Morgan fingerprint density at radius 1 is 1.09 bits per heavy atom. The summed E-state index contributed by atoms with van der Waals surface area (Å²) < 4.78 is 0. The Bertz CT molecular complexity index is 824. The number of fused-ring (bicyclic) bond motifs is 1. The summed E-state index contributed by atoms with van der Waals surface area (Å²) in [6.07, 6.45) is 2.22. The molecule has 0 aliphatic heterocycles. The molecule has 0 unspecified atom stereocenters. The zero-order valence-corrected chi connectivity index (χ0v) is 13.6. The quantitative estimate of drug-likeness (QED) is 0.712. The molecular weight excluding hydrogens is 304 g/mol. The molecule has 4 rings (SSSR count). The van der Waals surface area contributed by atoms with Gasteiger partial charge < -0.3 is 10.2 Å². The Balaban J connectivity index is 1.52. The van der Waals surface area contributed by atoms with Crippen LogP contribution < -0.4 is 5.32 Å². The van der Waals surface area contributed by atoms with Crippen LogP contribution in [-0.2, 0) is 6.54 Å². The summed E-state index contributed by atoms with van der Waals surface area (Å²) in [6, 6.07) is 18.7. The minimum Gasteiger partial charge on any atom is -0.316 e. The third kappa shape index (κ3) is 3.22. The summed E-state index contributed by atoms with van der Waals surface area (Å²) in [4.78, 5) is 15.9. The second-order valence-corrected chi connectivity index (χ2v) is 6.96. The third-order valence-corrected chi connectivity index (χ3v) is 5.02. The summed E-state index contributed by atoms with van der Waals surface area (Å²) >= 11 is 1.70. The Morgan fingerprint density at radius 2 is 1.91 bits per heavy atom. The van der Waals surface area contributed by atoms with Crippen LogP contribution in [0.2, 0.25) is 0 Å². The number of hydrogen-bond acceptors (Lipinski definition) is 2. The van der Waals surface area contributed by atoms with Crippen LogP contribution in [0.3, 0.4) is 0 Å². The minimum absolute atomic E-state index is 0.00354. The van der Waals surface area contributed by atoms with Gasteiger partial charge in [-0.1, -0.05) is 36.4 Å². The van der Waals surface area contributed by atoms with E-state index in [9.17, 15) is 4.79 Å². The van der Waals surface area contributed by atoms with E-state index in [1.165, 1.54) is 10.3 Å². The summed E-state index contributed by atoms with van der Waals surface area (Å²) in [7, 11) is 0. The van der Waals surface area contributed by atoms with Gasteiger partial charge in [0.25, 0.3) is 0 Å². The van der Waals surface area contributed by atoms with Crippen molar-refractivity contribution in [3.05, 3.63) is 64.9 Å². The molecule has 1 N–H and O–H groups in total. The molecule has 0 atom stereocenters. The van der Waals surface area contributed by atoms with Crippen LogP contribution in [0.15, 0.2) is 60.0 Å². The molecule has 1 aliphatic carbocycles. The average molecular weight is 322 g/mol. The van der Waals surface area contributed by atoms with Gasteiger partial charge in [0.1, 0.15) is 0 Å². The molecule has 0 spiro atoms. The number of hydrogen-bond donors (Lipinski definition) is 1. The van der Waals surface area contributed by atoms with E-state index in [4.69, 9.17) is 0 Å². The van der Waals surface area contributed by atoms with Gasteiger partial charge in [-0.2, -0.15) is 0 Å². The van der Waals surface area contributed by atoms with Gasteiger partial charge in [-0.3, -0.25) is 0 Å². The first-order chi connectivity index (χ1) is 11.3. The smallest absolute Gasteiger partial charge is 0.316 e. The lowest BCUT2D eigenvalue weighted by Crippen LogP contribution is -2.36. The number of nitrogens with zero attached hydrogens (tertiary/aromatic N) is 1. The molecule has 1 aliphatic rings. The lowest BCUT2D eigenvalue weighted by molar-refractivity contribution is 0.206. The van der Waals surface area contributed by atoms with Gasteiger partial charge in [0.15, 0.2) is 0 Å². The summed E-state index contributed by atoms with van der Waals surface area (Å²) in [5, 5.41) is 7.44. The number of benzene rings is 2. The first-order valence-corrected chi connectivity index (χ1v) is 8.76. The fraction of sp³-hybridized carbons (Fsp3) is 0.211. The molecule has 3 aromatic rings. The van der Waals surface area contributed by atoms with E-state index in [2.05, 4.69) is 28.9 Å². The number of carbonyl (C=O) groups excluding carboxylic acids is 1. The molecule has 1 fully saturated rings. The zero-order valence-electron chi connectivity index (χ0n) is 12.7. The highest BCUT2D eigenvalue weighted by molar-refractivity contribution is 7.09. The highest BCUT2D eigenvalue weighted by Crippen LogP contribution is 2.30. The molecule has 2 amide bonds. The molecule has 116 valence electrons. The van der Waals surface area contributed by atoms with E-state index in [1.807, 2.05) is 41.3 Å². The number of anilines is 1. The zero-order chi connectivity index (χ0) is 15.6. The second-order valence-electron chi connectivity index (χ2n) is 5.93. The van der Waals surface area contributed by atoms with Gasteiger partial charge in [-0.05, 0) is 47.2 Å². The van der Waals surface area contributed by atoms with Crippen molar-refractivity contribution < 1.29 is 4.79 Å². The van der Waals surface area contributed by atoms with Crippen molar-refractivity contribution in [3.63, 3.8) is 0 Å². The number of urea groups is 1. The van der Waals surface area contributed by atoms with E-state index in [-0.39, 0.29) is 6.03 Å². The first kappa shape index (κ1) is 14.3. The maximum Gasteiger partial charge on any atom is 0.322 e. The molecule has 0 bridgehead atoms. The van der Waals surface area contributed by atoms with E-state index < -0.39 is 0 Å². The van der Waals surface area contributed by atoms with Crippen molar-refractivity contribution in [2.75, 3.05) is 5.32 Å². The highest BCUT2D eigenvalue weighted by Gasteiger charge is 2.32. The number of rotatable bonds is 4. The largest absolute Gasteiger partial charge is 0.322 e. The standard InChI is InChI=1S/C19H18N2OS/c22-19(21(17-9-10-17)13-18-6-3-11-23-18)20-16-8-7-14-4-1-2-5-15(14)12-16/h1-8,11-12,17H,9-10,13H2,(H,20,22). The van der Waals surface area contributed by atoms with Crippen LogP contribution in [0.5, 0.6) is 0 Å². The van der Waals surface area contributed by atoms with Crippen LogP contribution in [0.25, 0.3) is 10.8 Å². The van der Waals surface area contributed by atoms with Crippen molar-refractivity contribution in [2.45, 2.75) is 25.4 Å². The Labute approximate surface area is 139 Å². The lowest BCUT2D eigenvalue weighted by atomic mass is 10.1. The topological polar surface area (TPSA) is 32.3 Å². The average Bonchev–Trinajstić information content (AvgIpc) is 3.28. The highest BCUT2D eigenvalue weighted by atomic mass is 32.1. The maximum atomic E-state index is 12.7. The predicted octanol–water partition coefficient (Wildman–Crippen LogP) is 5.10. The normalized spacial score (nSPS) is 13.9. The summed E-state index contributed by atoms with van der Waals surface area (Å²) in [5.74, 6) is 0. The molecule has 1 aromatic heterocycles. The predicted molar refractivity (Wildman–Crippen MR) is 95.9 cm³/mol. The molecule has 0 saturated heterocycles. The summed E-state index contributed by atoms with van der Waals surface area (Å²) in [5.41, 5.74) is 0.852. The molecule has 23 heavy (non-hydrogen) atoms. The van der Waals surface area contributed by atoms with E-state index in [0.29, 0.717) is 12.6 Å². The van der Waals surface area contributed by atoms with E-state index in [1.54, 1.807) is 11.3 Å². The Kier molecular flexibility index (Phi) is 3.75. The van der Waals surface area contributed by atoms with Crippen molar-refractivity contribution >= 4 is 33.8 Å². The first-order valence-electron chi connectivity index (χ1n) is 7.88. The molecule has 1 saturated carbocycles. The van der Waals surface area contributed by atoms with Gasteiger partial charge >= 0.3 is 6.03 Å².